The Hall–Kier alpha value is -2.68. The second-order valence-corrected chi connectivity index (χ2v) is 9.34. The van der Waals surface area contributed by atoms with Gasteiger partial charge in [-0.05, 0) is 49.4 Å². The number of aromatic nitrogens is 1. The van der Waals surface area contributed by atoms with Crippen molar-refractivity contribution >= 4 is 26.6 Å². The molecular weight excluding hydrogens is 412 g/mol. The maximum absolute atomic E-state index is 12.8. The highest BCUT2D eigenvalue weighted by Gasteiger charge is 2.19. The molecule has 2 heterocycles. The average molecular weight is 441 g/mol. The van der Waals surface area contributed by atoms with Gasteiger partial charge in [0.05, 0.1) is 12.6 Å². The third-order valence-corrected chi connectivity index (χ3v) is 7.13. The quantitative estimate of drug-likeness (QED) is 0.543. The van der Waals surface area contributed by atoms with Gasteiger partial charge in [0.2, 0.25) is 10.0 Å². The molecule has 0 unspecified atom stereocenters. The Morgan fingerprint density at radius 1 is 1.00 bits per heavy atom. The van der Waals surface area contributed by atoms with E-state index in [-0.39, 0.29) is 4.90 Å². The minimum absolute atomic E-state index is 0.235. The van der Waals surface area contributed by atoms with Gasteiger partial charge in [0, 0.05) is 50.0 Å². The molecule has 0 saturated carbocycles. The molecule has 7 nitrogen and oxygen atoms in total. The van der Waals surface area contributed by atoms with Gasteiger partial charge in [0.15, 0.2) is 0 Å². The van der Waals surface area contributed by atoms with Crippen molar-refractivity contribution < 1.29 is 13.2 Å². The third-order valence-electron chi connectivity index (χ3n) is 5.64. The highest BCUT2D eigenvalue weighted by Crippen LogP contribution is 2.21. The maximum Gasteiger partial charge on any atom is 0.242 e. The van der Waals surface area contributed by atoms with E-state index in [4.69, 9.17) is 4.74 Å². The molecule has 164 valence electrons. The van der Waals surface area contributed by atoms with Crippen molar-refractivity contribution in [3.63, 3.8) is 0 Å². The Kier molecular flexibility index (Phi) is 6.70. The van der Waals surface area contributed by atoms with Crippen molar-refractivity contribution in [3.05, 3.63) is 60.8 Å². The summed E-state index contributed by atoms with van der Waals surface area (Å²) in [5.74, 6) is 0.865. The number of hydrogen-bond acceptors (Lipinski definition) is 6. The molecule has 1 fully saturated rings. The largest absolute Gasteiger partial charge is 0.497 e. The number of ether oxygens (including phenoxy) is 1. The van der Waals surface area contributed by atoms with E-state index in [1.807, 2.05) is 24.3 Å². The molecular formula is C23H28N4O3S. The molecule has 3 aromatic rings. The van der Waals surface area contributed by atoms with E-state index < -0.39 is 10.0 Å². The number of hydrogen-bond donors (Lipinski definition) is 1. The van der Waals surface area contributed by atoms with Crippen molar-refractivity contribution in [2.24, 2.45) is 0 Å². The normalized spacial score (nSPS) is 15.3. The van der Waals surface area contributed by atoms with Crippen LogP contribution in [-0.4, -0.2) is 64.7 Å². The molecule has 0 radical (unpaired) electrons. The number of methoxy groups -OCH3 is 1. The van der Waals surface area contributed by atoms with E-state index >= 15 is 0 Å². The highest BCUT2D eigenvalue weighted by molar-refractivity contribution is 7.89. The van der Waals surface area contributed by atoms with Crippen LogP contribution in [0.1, 0.15) is 6.42 Å². The number of sulfonamides is 1. The zero-order valence-electron chi connectivity index (χ0n) is 17.7. The fourth-order valence-electron chi connectivity index (χ4n) is 3.90. The topological polar surface area (TPSA) is 74.8 Å². The summed E-state index contributed by atoms with van der Waals surface area (Å²) in [4.78, 5) is 9.24. The van der Waals surface area contributed by atoms with Crippen LogP contribution in [0.5, 0.6) is 5.75 Å². The first-order chi connectivity index (χ1) is 15.1. The minimum Gasteiger partial charge on any atom is -0.497 e. The summed E-state index contributed by atoms with van der Waals surface area (Å²) in [5, 5.41) is 0.820. The van der Waals surface area contributed by atoms with Gasteiger partial charge in [0.25, 0.3) is 0 Å². The SMILES string of the molecule is COc1ccc(N2CCN(CCCNS(=O)(=O)c3cccc4cccnc34)CC2)cc1. The molecule has 4 rings (SSSR count). The minimum atomic E-state index is -3.59. The van der Waals surface area contributed by atoms with Crippen LogP contribution in [0.25, 0.3) is 10.9 Å². The number of piperazine rings is 1. The number of pyridine rings is 1. The van der Waals surface area contributed by atoms with Crippen LogP contribution in [-0.2, 0) is 10.0 Å². The van der Waals surface area contributed by atoms with Crippen LogP contribution in [0.4, 0.5) is 5.69 Å². The van der Waals surface area contributed by atoms with Gasteiger partial charge in [-0.25, -0.2) is 13.1 Å². The monoisotopic (exact) mass is 440 g/mol. The molecule has 1 aliphatic heterocycles. The second-order valence-electron chi connectivity index (χ2n) is 7.61. The van der Waals surface area contributed by atoms with Crippen LogP contribution in [0, 0.1) is 0 Å². The molecule has 1 aliphatic rings. The smallest absolute Gasteiger partial charge is 0.242 e. The summed E-state index contributed by atoms with van der Waals surface area (Å²) < 4.78 is 33.5. The summed E-state index contributed by atoms with van der Waals surface area (Å²) in [7, 11) is -1.92. The first-order valence-electron chi connectivity index (χ1n) is 10.5. The van der Waals surface area contributed by atoms with Crippen molar-refractivity contribution in [1.29, 1.82) is 0 Å². The van der Waals surface area contributed by atoms with E-state index in [9.17, 15) is 8.42 Å². The van der Waals surface area contributed by atoms with Crippen LogP contribution >= 0.6 is 0 Å². The maximum atomic E-state index is 12.8. The van der Waals surface area contributed by atoms with Gasteiger partial charge in [-0.1, -0.05) is 18.2 Å². The molecule has 1 aromatic heterocycles. The Balaban J connectivity index is 1.24. The van der Waals surface area contributed by atoms with Gasteiger partial charge in [0.1, 0.15) is 10.6 Å². The predicted octanol–water partition coefficient (Wildman–Crippen LogP) is 2.73. The molecule has 2 aromatic carbocycles. The van der Waals surface area contributed by atoms with Crippen LogP contribution in [0.15, 0.2) is 65.7 Å². The Morgan fingerprint density at radius 2 is 1.74 bits per heavy atom. The van der Waals surface area contributed by atoms with Crippen molar-refractivity contribution in [3.8, 4) is 5.75 Å². The van der Waals surface area contributed by atoms with Crippen molar-refractivity contribution in [2.45, 2.75) is 11.3 Å². The first-order valence-corrected chi connectivity index (χ1v) is 12.0. The van der Waals surface area contributed by atoms with E-state index in [0.29, 0.717) is 12.1 Å². The van der Waals surface area contributed by atoms with Crippen molar-refractivity contribution in [1.82, 2.24) is 14.6 Å². The molecule has 31 heavy (non-hydrogen) atoms. The Bertz CT molecular complexity index is 1110. The Labute approximate surface area is 183 Å². The molecule has 0 atom stereocenters. The van der Waals surface area contributed by atoms with E-state index in [1.54, 1.807) is 31.5 Å². The molecule has 0 bridgehead atoms. The highest BCUT2D eigenvalue weighted by atomic mass is 32.2. The summed E-state index contributed by atoms with van der Waals surface area (Å²) in [5.41, 5.74) is 1.71. The predicted molar refractivity (Wildman–Crippen MR) is 123 cm³/mol. The lowest BCUT2D eigenvalue weighted by Crippen LogP contribution is -2.47. The lowest BCUT2D eigenvalue weighted by atomic mass is 10.2. The number of nitrogens with one attached hydrogen (secondary N) is 1. The molecule has 1 saturated heterocycles. The van der Waals surface area contributed by atoms with Gasteiger partial charge < -0.3 is 9.64 Å². The molecule has 0 amide bonds. The number of fused-ring (bicyclic) bond motifs is 1. The zero-order valence-corrected chi connectivity index (χ0v) is 18.5. The van der Waals surface area contributed by atoms with Crippen LogP contribution in [0.2, 0.25) is 0 Å². The van der Waals surface area contributed by atoms with Gasteiger partial charge in [-0.2, -0.15) is 0 Å². The number of rotatable bonds is 8. The summed E-state index contributed by atoms with van der Waals surface area (Å²) >= 11 is 0. The first kappa shape index (κ1) is 21.5. The van der Waals surface area contributed by atoms with E-state index in [2.05, 4.69) is 31.6 Å². The molecule has 0 aliphatic carbocycles. The van der Waals surface area contributed by atoms with E-state index in [1.165, 1.54) is 5.69 Å². The zero-order chi connectivity index (χ0) is 21.7. The second kappa shape index (κ2) is 9.64. The fraction of sp³-hybridized carbons (Fsp3) is 0.348. The number of nitrogens with zero attached hydrogens (tertiary/aromatic N) is 3. The molecule has 8 heteroatoms. The third kappa shape index (κ3) is 5.15. The number of anilines is 1. The summed E-state index contributed by atoms with van der Waals surface area (Å²) in [6.45, 7) is 5.12. The standard InChI is InChI=1S/C23H28N4O3S/c1-30-21-10-8-20(9-11-21)27-17-15-26(16-18-27)14-4-13-25-31(28,29)22-7-2-5-19-6-3-12-24-23(19)22/h2-3,5-12,25H,4,13-18H2,1H3. The van der Waals surface area contributed by atoms with Crippen molar-refractivity contribution in [2.75, 3.05) is 51.3 Å². The Morgan fingerprint density at radius 3 is 2.48 bits per heavy atom. The van der Waals surface area contributed by atoms with Gasteiger partial charge in [-0.3, -0.25) is 9.88 Å². The van der Waals surface area contributed by atoms with Crippen LogP contribution in [0.3, 0.4) is 0 Å². The van der Waals surface area contributed by atoms with E-state index in [0.717, 1.165) is 50.3 Å². The summed E-state index contributed by atoms with van der Waals surface area (Å²) in [6, 6.07) is 17.0. The number of benzene rings is 2. The average Bonchev–Trinajstić information content (AvgIpc) is 2.82. The molecule has 1 N–H and O–H groups in total. The molecule has 0 spiro atoms. The van der Waals surface area contributed by atoms with Crippen LogP contribution < -0.4 is 14.4 Å². The fourth-order valence-corrected chi connectivity index (χ4v) is 5.15. The van der Waals surface area contributed by atoms with Gasteiger partial charge >= 0.3 is 0 Å². The summed E-state index contributed by atoms with van der Waals surface area (Å²) in [6.07, 6.45) is 2.38. The number of para-hydroxylation sites is 1. The van der Waals surface area contributed by atoms with Gasteiger partial charge in [-0.15, -0.1) is 0 Å². The lowest BCUT2D eigenvalue weighted by Gasteiger charge is -2.36. The lowest BCUT2D eigenvalue weighted by molar-refractivity contribution is 0.255.